The average Bonchev–Trinajstić information content (AvgIpc) is 3.20. The molecule has 178 valence electrons. The number of thiazole rings is 1. The highest BCUT2D eigenvalue weighted by Gasteiger charge is 2.23. The number of hydrogen-bond donors (Lipinski definition) is 3. The second-order valence-electron chi connectivity index (χ2n) is 8.32. The summed E-state index contributed by atoms with van der Waals surface area (Å²) >= 11 is 0.980. The summed E-state index contributed by atoms with van der Waals surface area (Å²) in [4.78, 5) is 37.3. The molecule has 3 aromatic rings. The van der Waals surface area contributed by atoms with Crippen molar-refractivity contribution in [3.8, 4) is 10.6 Å². The summed E-state index contributed by atoms with van der Waals surface area (Å²) in [6, 6.07) is 5.91. The number of nitrogens with zero attached hydrogens (tertiary/aromatic N) is 4. The number of nitrogen functional groups attached to an aromatic ring is 1. The first-order valence-corrected chi connectivity index (χ1v) is 11.6. The molecule has 0 radical (unpaired) electrons. The number of carbonyl (C=O) groups excluding carboxylic acids is 2. The van der Waals surface area contributed by atoms with Gasteiger partial charge in [0.15, 0.2) is 5.69 Å². The van der Waals surface area contributed by atoms with Gasteiger partial charge in [0.1, 0.15) is 15.8 Å². The monoisotopic (exact) mass is 483 g/mol. The lowest BCUT2D eigenvalue weighted by Crippen LogP contribution is -2.43. The Morgan fingerprint density at radius 1 is 1.29 bits per heavy atom. The number of nitrogens with one attached hydrogen (secondary N) is 1. The zero-order valence-electron chi connectivity index (χ0n) is 18.9. The molecule has 3 heterocycles. The van der Waals surface area contributed by atoms with E-state index in [9.17, 15) is 14.0 Å². The summed E-state index contributed by atoms with van der Waals surface area (Å²) in [6.07, 6.45) is 5.14. The highest BCUT2D eigenvalue weighted by molar-refractivity contribution is 7.19. The van der Waals surface area contributed by atoms with Crippen LogP contribution in [0.25, 0.3) is 10.6 Å². The minimum Gasteiger partial charge on any atom is -0.389 e. The molecular formula is C23H26FN7O2S. The number of pyridine rings is 1. The van der Waals surface area contributed by atoms with Gasteiger partial charge in [-0.05, 0) is 37.1 Å². The van der Waals surface area contributed by atoms with Crippen molar-refractivity contribution < 1.29 is 14.0 Å². The van der Waals surface area contributed by atoms with Crippen LogP contribution in [-0.2, 0) is 0 Å². The predicted octanol–water partition coefficient (Wildman–Crippen LogP) is 2.81. The Morgan fingerprint density at radius 2 is 2.09 bits per heavy atom. The molecule has 0 spiro atoms. The molecule has 0 unspecified atom stereocenters. The lowest BCUT2D eigenvalue weighted by atomic mass is 10.1. The van der Waals surface area contributed by atoms with Gasteiger partial charge in [-0.15, -0.1) is 0 Å². The molecule has 1 saturated heterocycles. The lowest BCUT2D eigenvalue weighted by molar-refractivity contribution is 0.0827. The highest BCUT2D eigenvalue weighted by atomic mass is 32.1. The number of benzene rings is 1. The zero-order chi connectivity index (χ0) is 24.4. The lowest BCUT2D eigenvalue weighted by Gasteiger charge is -2.33. The molecule has 1 aliphatic rings. The van der Waals surface area contributed by atoms with Gasteiger partial charge in [0.05, 0.1) is 17.6 Å². The summed E-state index contributed by atoms with van der Waals surface area (Å²) in [6.45, 7) is 1.50. The third-order valence-electron chi connectivity index (χ3n) is 5.56. The number of carbonyl (C=O) groups is 2. The molecule has 2 amide bonds. The zero-order valence-corrected chi connectivity index (χ0v) is 19.7. The van der Waals surface area contributed by atoms with Crippen LogP contribution in [0, 0.1) is 5.82 Å². The average molecular weight is 484 g/mol. The third-order valence-corrected chi connectivity index (χ3v) is 6.48. The van der Waals surface area contributed by atoms with Crippen LogP contribution < -0.4 is 21.7 Å². The Balaban J connectivity index is 1.60. The van der Waals surface area contributed by atoms with E-state index in [1.165, 1.54) is 23.1 Å². The van der Waals surface area contributed by atoms with Crippen molar-refractivity contribution in [2.75, 3.05) is 43.1 Å². The van der Waals surface area contributed by atoms with E-state index < -0.39 is 11.7 Å². The van der Waals surface area contributed by atoms with E-state index in [2.05, 4.69) is 20.2 Å². The first kappa shape index (κ1) is 23.6. The van der Waals surface area contributed by atoms with E-state index in [0.717, 1.165) is 36.4 Å². The maximum Gasteiger partial charge on any atom is 0.277 e. The number of halogens is 1. The van der Waals surface area contributed by atoms with Crippen molar-refractivity contribution in [3.63, 3.8) is 0 Å². The molecule has 1 atom stereocenters. The van der Waals surface area contributed by atoms with Gasteiger partial charge < -0.3 is 26.6 Å². The molecule has 11 heteroatoms. The van der Waals surface area contributed by atoms with E-state index in [1.807, 2.05) is 6.07 Å². The van der Waals surface area contributed by atoms with E-state index in [1.54, 1.807) is 26.5 Å². The van der Waals surface area contributed by atoms with E-state index >= 15 is 0 Å². The highest BCUT2D eigenvalue weighted by Crippen LogP contribution is 2.34. The Morgan fingerprint density at radius 3 is 2.82 bits per heavy atom. The Hall–Kier alpha value is -3.57. The third kappa shape index (κ3) is 4.85. The molecule has 1 aromatic carbocycles. The number of aromatic nitrogens is 2. The molecule has 1 aliphatic heterocycles. The van der Waals surface area contributed by atoms with Crippen molar-refractivity contribution in [1.82, 2.24) is 14.9 Å². The molecule has 1 fully saturated rings. The molecule has 2 aromatic heterocycles. The normalized spacial score (nSPS) is 15.8. The fourth-order valence-corrected chi connectivity index (χ4v) is 4.71. The molecule has 0 bridgehead atoms. The molecule has 4 rings (SSSR count). The molecule has 0 saturated carbocycles. The smallest absolute Gasteiger partial charge is 0.277 e. The van der Waals surface area contributed by atoms with Gasteiger partial charge in [-0.1, -0.05) is 11.3 Å². The maximum absolute atomic E-state index is 14.6. The molecule has 5 N–H and O–H groups in total. The van der Waals surface area contributed by atoms with Gasteiger partial charge in [0.25, 0.3) is 11.8 Å². The fraction of sp³-hybridized carbons (Fsp3) is 0.304. The standard InChI is InChI=1S/C23H26FN7O2S/c1-30(2)23(33)13-5-6-16(24)15(10-13)22-29-19(20(26)34-22)21(32)28-17-11-27-8-7-18(17)31-9-3-4-14(25)12-31/h5-8,10-11,14H,3-4,9,12,25-26H2,1-2H3,(H,28,32)/t14-/m0/s1. The second kappa shape index (κ2) is 9.74. The maximum atomic E-state index is 14.6. The Bertz CT molecular complexity index is 1230. The van der Waals surface area contributed by atoms with E-state index in [4.69, 9.17) is 11.5 Å². The summed E-state index contributed by atoms with van der Waals surface area (Å²) in [5.74, 6) is -1.37. The largest absolute Gasteiger partial charge is 0.389 e. The summed E-state index contributed by atoms with van der Waals surface area (Å²) in [5.41, 5.74) is 13.9. The Labute approximate surface area is 200 Å². The van der Waals surface area contributed by atoms with E-state index in [-0.39, 0.29) is 33.2 Å². The van der Waals surface area contributed by atoms with Crippen LogP contribution >= 0.6 is 11.3 Å². The number of anilines is 3. The van der Waals surface area contributed by atoms with Crippen LogP contribution in [0.5, 0.6) is 0 Å². The molecular weight excluding hydrogens is 457 g/mol. The topological polar surface area (TPSA) is 130 Å². The first-order valence-electron chi connectivity index (χ1n) is 10.8. The molecule has 0 aliphatic carbocycles. The minimum atomic E-state index is -0.563. The van der Waals surface area contributed by atoms with Crippen LogP contribution in [0.2, 0.25) is 0 Å². The van der Waals surface area contributed by atoms with Crippen molar-refractivity contribution in [1.29, 1.82) is 0 Å². The van der Waals surface area contributed by atoms with Gasteiger partial charge in [0.2, 0.25) is 0 Å². The number of hydrogen-bond acceptors (Lipinski definition) is 8. The molecule has 34 heavy (non-hydrogen) atoms. The van der Waals surface area contributed by atoms with Crippen LogP contribution in [0.3, 0.4) is 0 Å². The van der Waals surface area contributed by atoms with Gasteiger partial charge in [-0.2, -0.15) is 0 Å². The summed E-state index contributed by atoms with van der Waals surface area (Å²) in [5, 5.41) is 3.18. The number of amides is 2. The van der Waals surface area contributed by atoms with Crippen molar-refractivity contribution in [3.05, 3.63) is 53.7 Å². The van der Waals surface area contributed by atoms with Crippen LogP contribution in [0.1, 0.15) is 33.7 Å². The van der Waals surface area contributed by atoms with Crippen LogP contribution in [-0.4, -0.2) is 59.9 Å². The summed E-state index contributed by atoms with van der Waals surface area (Å²) < 4.78 is 14.6. The predicted molar refractivity (Wildman–Crippen MR) is 132 cm³/mol. The van der Waals surface area contributed by atoms with Crippen LogP contribution in [0.15, 0.2) is 36.7 Å². The van der Waals surface area contributed by atoms with Gasteiger partial charge in [-0.25, -0.2) is 9.37 Å². The van der Waals surface area contributed by atoms with Crippen molar-refractivity contribution in [2.45, 2.75) is 18.9 Å². The number of nitrogens with two attached hydrogens (primary N) is 2. The quantitative estimate of drug-likeness (QED) is 0.509. The van der Waals surface area contributed by atoms with Gasteiger partial charge >= 0.3 is 0 Å². The fourth-order valence-electron chi connectivity index (χ4n) is 3.86. The number of piperidine rings is 1. The van der Waals surface area contributed by atoms with Gasteiger partial charge in [-0.3, -0.25) is 14.6 Å². The van der Waals surface area contributed by atoms with Gasteiger partial charge in [0, 0.05) is 50.6 Å². The Kier molecular flexibility index (Phi) is 6.75. The number of rotatable bonds is 5. The SMILES string of the molecule is CN(C)C(=O)c1ccc(F)c(-c2nc(C(=O)Nc3cnccc3N3CCC[C@H](N)C3)c(N)s2)c1. The minimum absolute atomic E-state index is 0.0195. The second-order valence-corrected chi connectivity index (χ2v) is 9.35. The summed E-state index contributed by atoms with van der Waals surface area (Å²) in [7, 11) is 3.22. The first-order chi connectivity index (χ1) is 16.2. The molecule has 9 nitrogen and oxygen atoms in total. The van der Waals surface area contributed by atoms with Crippen molar-refractivity contribution >= 4 is 39.5 Å². The van der Waals surface area contributed by atoms with Crippen molar-refractivity contribution in [2.24, 2.45) is 5.73 Å². The van der Waals surface area contributed by atoms with Crippen LogP contribution in [0.4, 0.5) is 20.8 Å². The van der Waals surface area contributed by atoms with E-state index in [0.29, 0.717) is 17.8 Å².